The minimum Gasteiger partial charge on any atom is -0.810 e. The Hall–Kier alpha value is -0.340. The monoisotopic (exact) mass is 260 g/mol. The Kier molecular flexibility index (Phi) is 4.19. The van der Waals surface area contributed by atoms with Crippen LogP contribution in [0, 0.1) is 0 Å². The molecule has 0 spiro atoms. The highest BCUT2D eigenvalue weighted by atomic mass is 35.5. The van der Waals surface area contributed by atoms with E-state index in [1.165, 1.54) is 0 Å². The third-order valence-electron chi connectivity index (χ3n) is 3.06. The zero-order valence-electron chi connectivity index (χ0n) is 9.27. The third kappa shape index (κ3) is 2.33. The highest BCUT2D eigenvalue weighted by Gasteiger charge is 2.32. The van der Waals surface area contributed by atoms with Gasteiger partial charge in [-0.15, -0.1) is 0 Å². The van der Waals surface area contributed by atoms with Crippen LogP contribution >= 0.6 is 19.2 Å². The summed E-state index contributed by atoms with van der Waals surface area (Å²) in [7, 11) is -4.71. The highest BCUT2D eigenvalue weighted by Crippen LogP contribution is 2.55. The molecule has 5 heteroatoms. The molecular weight excluding hydrogens is 247 g/mol. The minimum absolute atomic E-state index is 0.258. The average Bonchev–Trinajstić information content (AvgIpc) is 2.18. The van der Waals surface area contributed by atoms with Gasteiger partial charge >= 0.3 is 0 Å². The molecule has 0 saturated carbocycles. The summed E-state index contributed by atoms with van der Waals surface area (Å²) < 4.78 is 11.5. The van der Waals surface area contributed by atoms with Crippen LogP contribution in [-0.4, -0.2) is 0 Å². The summed E-state index contributed by atoms with van der Waals surface area (Å²) in [5, 5.41) is -0.894. The van der Waals surface area contributed by atoms with Gasteiger partial charge in [0.25, 0.3) is 0 Å². The van der Waals surface area contributed by atoms with Gasteiger partial charge in [0.15, 0.2) is 0 Å². The van der Waals surface area contributed by atoms with Gasteiger partial charge < -0.3 is 14.4 Å². The molecule has 1 aromatic rings. The van der Waals surface area contributed by atoms with E-state index in [2.05, 4.69) is 0 Å². The van der Waals surface area contributed by atoms with Gasteiger partial charge in [0.05, 0.1) is 0 Å². The van der Waals surface area contributed by atoms with Gasteiger partial charge in [-0.2, -0.15) is 0 Å². The zero-order valence-corrected chi connectivity index (χ0v) is 10.9. The molecule has 0 atom stereocenters. The average molecular weight is 261 g/mol. The molecule has 3 nitrogen and oxygen atoms in total. The largest absolute Gasteiger partial charge is 0.810 e. The topological polar surface area (TPSA) is 63.2 Å². The van der Waals surface area contributed by atoms with Crippen LogP contribution in [0.15, 0.2) is 24.3 Å². The Labute approximate surface area is 101 Å². The first-order chi connectivity index (χ1) is 7.37. The fourth-order valence-electron chi connectivity index (χ4n) is 1.98. The Balaban J connectivity index is 3.38. The second kappa shape index (κ2) is 4.89. The molecule has 1 aromatic carbocycles. The van der Waals surface area contributed by atoms with E-state index >= 15 is 0 Å². The van der Waals surface area contributed by atoms with E-state index in [9.17, 15) is 14.4 Å². The first kappa shape index (κ1) is 13.7. The van der Waals surface area contributed by atoms with E-state index in [1.54, 1.807) is 38.1 Å². The molecule has 0 aliphatic carbocycles. The van der Waals surface area contributed by atoms with E-state index in [-0.39, 0.29) is 12.8 Å². The van der Waals surface area contributed by atoms with Crippen molar-refractivity contribution < 1.29 is 14.4 Å². The van der Waals surface area contributed by atoms with E-state index in [4.69, 9.17) is 11.6 Å². The van der Waals surface area contributed by atoms with Gasteiger partial charge in [-0.25, -0.2) is 0 Å². The van der Waals surface area contributed by atoms with E-state index < -0.39 is 12.8 Å². The molecule has 0 amide bonds. The van der Waals surface area contributed by atoms with E-state index in [0.717, 1.165) is 0 Å². The van der Waals surface area contributed by atoms with Gasteiger partial charge in [-0.3, -0.25) is 0 Å². The summed E-state index contributed by atoms with van der Waals surface area (Å²) >= 11 is 5.82. The van der Waals surface area contributed by atoms with Crippen molar-refractivity contribution in [1.29, 1.82) is 0 Å². The van der Waals surface area contributed by atoms with Crippen LogP contribution in [0.3, 0.4) is 0 Å². The van der Waals surface area contributed by atoms with Crippen molar-refractivity contribution in [3.8, 4) is 0 Å². The lowest BCUT2D eigenvalue weighted by Crippen LogP contribution is -2.36. The lowest BCUT2D eigenvalue weighted by Gasteiger charge is -2.49. The predicted octanol–water partition coefficient (Wildman–Crippen LogP) is 2.27. The van der Waals surface area contributed by atoms with Crippen molar-refractivity contribution in [2.24, 2.45) is 0 Å². The molecule has 16 heavy (non-hydrogen) atoms. The summed E-state index contributed by atoms with van der Waals surface area (Å²) in [5.41, 5.74) is 0.485. The predicted molar refractivity (Wildman–Crippen MR) is 61.3 cm³/mol. The zero-order chi connectivity index (χ0) is 12.4. The SMILES string of the molecule is CCC(CC)(c1cccc(Cl)c1)P(=O)([O-])[O-]. The number of halogens is 1. The summed E-state index contributed by atoms with van der Waals surface area (Å²) in [5.74, 6) is 0. The summed E-state index contributed by atoms with van der Waals surface area (Å²) in [6, 6.07) is 6.51. The maximum absolute atomic E-state index is 11.5. The molecular formula is C11H14ClO3P-2. The molecule has 0 N–H and O–H groups in total. The fourth-order valence-corrected chi connectivity index (χ4v) is 3.40. The fraction of sp³-hybridized carbons (Fsp3) is 0.455. The number of hydrogen-bond donors (Lipinski definition) is 0. The van der Waals surface area contributed by atoms with Gasteiger partial charge in [0.1, 0.15) is 0 Å². The van der Waals surface area contributed by atoms with Gasteiger partial charge in [0, 0.05) is 10.2 Å². The normalized spacial score (nSPS) is 12.8. The van der Waals surface area contributed by atoms with Crippen LogP contribution in [-0.2, 0) is 9.72 Å². The van der Waals surface area contributed by atoms with Gasteiger partial charge in [0.2, 0.25) is 0 Å². The second-order valence-corrected chi connectivity index (χ2v) is 6.03. The number of benzene rings is 1. The first-order valence-electron chi connectivity index (χ1n) is 5.15. The lowest BCUT2D eigenvalue weighted by atomic mass is 9.93. The molecule has 0 aromatic heterocycles. The highest BCUT2D eigenvalue weighted by molar-refractivity contribution is 7.50. The van der Waals surface area contributed by atoms with Crippen molar-refractivity contribution in [3.05, 3.63) is 34.9 Å². The van der Waals surface area contributed by atoms with Crippen LogP contribution in [0.2, 0.25) is 5.02 Å². The summed E-state index contributed by atoms with van der Waals surface area (Å²) in [6.07, 6.45) is 0.516. The summed E-state index contributed by atoms with van der Waals surface area (Å²) in [6.45, 7) is 3.40. The molecule has 0 aliphatic rings. The first-order valence-corrected chi connectivity index (χ1v) is 7.07. The van der Waals surface area contributed by atoms with E-state index in [1.807, 2.05) is 0 Å². The second-order valence-electron chi connectivity index (χ2n) is 3.75. The standard InChI is InChI=1S/C11H16ClO3P/c1-3-11(4-2,16(13,14)15)9-6-5-7-10(12)8-9/h5-8H,3-4H2,1-2H3,(H2,13,14,15)/p-2. The maximum atomic E-state index is 11.5. The van der Waals surface area contributed by atoms with Crippen molar-refractivity contribution in [2.45, 2.75) is 31.8 Å². The smallest absolute Gasteiger partial charge is 0.0409 e. The van der Waals surface area contributed by atoms with Crippen LogP contribution in [0.5, 0.6) is 0 Å². The molecule has 1 rings (SSSR count). The van der Waals surface area contributed by atoms with Crippen LogP contribution in [0.25, 0.3) is 0 Å². The van der Waals surface area contributed by atoms with Crippen molar-refractivity contribution in [3.63, 3.8) is 0 Å². The maximum Gasteiger partial charge on any atom is 0.0409 e. The summed E-state index contributed by atoms with van der Waals surface area (Å²) in [4.78, 5) is 22.9. The molecule has 0 fully saturated rings. The molecule has 0 radical (unpaired) electrons. The van der Waals surface area contributed by atoms with Crippen molar-refractivity contribution >= 4 is 19.2 Å². The third-order valence-corrected chi connectivity index (χ3v) is 5.23. The quantitative estimate of drug-likeness (QED) is 0.780. The lowest BCUT2D eigenvalue weighted by molar-refractivity contribution is -0.322. The van der Waals surface area contributed by atoms with Crippen LogP contribution in [0.4, 0.5) is 0 Å². The van der Waals surface area contributed by atoms with E-state index in [0.29, 0.717) is 10.6 Å². The van der Waals surface area contributed by atoms with Crippen molar-refractivity contribution in [2.75, 3.05) is 0 Å². The van der Waals surface area contributed by atoms with Crippen LogP contribution in [0.1, 0.15) is 32.3 Å². The molecule has 0 aliphatic heterocycles. The molecule has 0 heterocycles. The van der Waals surface area contributed by atoms with Crippen LogP contribution < -0.4 is 9.79 Å². The molecule has 0 bridgehead atoms. The van der Waals surface area contributed by atoms with Gasteiger partial charge in [-0.1, -0.05) is 45.2 Å². The minimum atomic E-state index is -4.71. The Morgan fingerprint density at radius 1 is 1.31 bits per heavy atom. The Bertz CT molecular complexity index is 409. The number of hydrogen-bond acceptors (Lipinski definition) is 3. The van der Waals surface area contributed by atoms with Gasteiger partial charge in [-0.05, 0) is 30.5 Å². The Morgan fingerprint density at radius 2 is 1.88 bits per heavy atom. The molecule has 0 saturated heterocycles. The van der Waals surface area contributed by atoms with Crippen molar-refractivity contribution in [1.82, 2.24) is 0 Å². The number of rotatable bonds is 4. The molecule has 90 valence electrons. The molecule has 0 unspecified atom stereocenters. The Morgan fingerprint density at radius 3 is 2.25 bits per heavy atom.